The molecular formula is C23H19BrCl2N2O3. The molecule has 0 unspecified atom stereocenters. The molecule has 5 nitrogen and oxygen atoms in total. The van der Waals surface area contributed by atoms with Gasteiger partial charge in [-0.05, 0) is 76.4 Å². The first kappa shape index (κ1) is 23.1. The molecule has 0 saturated heterocycles. The first-order valence-corrected chi connectivity index (χ1v) is 10.9. The first-order chi connectivity index (χ1) is 15.0. The van der Waals surface area contributed by atoms with Gasteiger partial charge in [0.2, 0.25) is 0 Å². The Balaban J connectivity index is 1.67. The van der Waals surface area contributed by atoms with Crippen molar-refractivity contribution < 1.29 is 14.3 Å². The van der Waals surface area contributed by atoms with Gasteiger partial charge in [0.15, 0.2) is 11.5 Å². The molecule has 3 aromatic rings. The molecule has 0 aromatic heterocycles. The van der Waals surface area contributed by atoms with Crippen LogP contribution in [-0.4, -0.2) is 18.7 Å². The van der Waals surface area contributed by atoms with Crippen molar-refractivity contribution in [2.45, 2.75) is 13.5 Å². The number of ether oxygens (including phenoxy) is 2. The van der Waals surface area contributed by atoms with Crippen molar-refractivity contribution >= 4 is 51.3 Å². The SMILES string of the molecule is CCOc1cc(/C=N/NC(=O)c2ccccc2Br)ccc1OCc1ccc(Cl)c(Cl)c1. The van der Waals surface area contributed by atoms with E-state index in [0.29, 0.717) is 44.8 Å². The average Bonchev–Trinajstić information content (AvgIpc) is 2.76. The van der Waals surface area contributed by atoms with Crippen molar-refractivity contribution in [1.29, 1.82) is 0 Å². The molecule has 31 heavy (non-hydrogen) atoms. The lowest BCUT2D eigenvalue weighted by Crippen LogP contribution is -2.18. The van der Waals surface area contributed by atoms with Crippen LogP contribution in [0.5, 0.6) is 11.5 Å². The molecule has 0 spiro atoms. The van der Waals surface area contributed by atoms with E-state index in [-0.39, 0.29) is 5.91 Å². The minimum atomic E-state index is -0.310. The maximum Gasteiger partial charge on any atom is 0.272 e. The van der Waals surface area contributed by atoms with E-state index in [0.717, 1.165) is 11.1 Å². The fourth-order valence-corrected chi connectivity index (χ4v) is 3.44. The number of carbonyl (C=O) groups is 1. The highest BCUT2D eigenvalue weighted by atomic mass is 79.9. The molecule has 0 heterocycles. The monoisotopic (exact) mass is 520 g/mol. The average molecular weight is 522 g/mol. The van der Waals surface area contributed by atoms with Crippen molar-refractivity contribution in [3.8, 4) is 11.5 Å². The third-order valence-corrected chi connectivity index (χ3v) is 5.57. The van der Waals surface area contributed by atoms with E-state index in [1.165, 1.54) is 0 Å². The van der Waals surface area contributed by atoms with Crippen LogP contribution >= 0.6 is 39.1 Å². The Hall–Kier alpha value is -2.54. The Morgan fingerprint density at radius 2 is 1.84 bits per heavy atom. The second-order valence-electron chi connectivity index (χ2n) is 6.36. The smallest absolute Gasteiger partial charge is 0.272 e. The Morgan fingerprint density at radius 3 is 2.58 bits per heavy atom. The molecule has 160 valence electrons. The molecule has 1 amide bonds. The number of hydrogen-bond acceptors (Lipinski definition) is 4. The van der Waals surface area contributed by atoms with Gasteiger partial charge in [0.1, 0.15) is 6.61 Å². The molecule has 0 atom stereocenters. The highest BCUT2D eigenvalue weighted by Gasteiger charge is 2.09. The molecular weight excluding hydrogens is 503 g/mol. The molecule has 8 heteroatoms. The lowest BCUT2D eigenvalue weighted by Gasteiger charge is -2.13. The Morgan fingerprint density at radius 1 is 1.03 bits per heavy atom. The van der Waals surface area contributed by atoms with E-state index in [4.69, 9.17) is 32.7 Å². The van der Waals surface area contributed by atoms with E-state index in [1.807, 2.05) is 25.1 Å². The van der Waals surface area contributed by atoms with Crippen LogP contribution in [0.2, 0.25) is 10.0 Å². The van der Waals surface area contributed by atoms with E-state index in [2.05, 4.69) is 26.5 Å². The van der Waals surface area contributed by atoms with Gasteiger partial charge >= 0.3 is 0 Å². The predicted molar refractivity (Wildman–Crippen MR) is 128 cm³/mol. The van der Waals surface area contributed by atoms with Crippen molar-refractivity contribution in [1.82, 2.24) is 5.43 Å². The normalized spacial score (nSPS) is 10.8. The standard InChI is InChI=1S/C23H19BrCl2N2O3/c1-2-30-22-12-15(13-27-28-23(29)17-5-3-4-6-18(17)24)8-10-21(22)31-14-16-7-9-19(25)20(26)11-16/h3-13H,2,14H2,1H3,(H,28,29)/b27-13+. The van der Waals surface area contributed by atoms with Crippen LogP contribution < -0.4 is 14.9 Å². The molecule has 0 fully saturated rings. The second kappa shape index (κ2) is 11.2. The van der Waals surface area contributed by atoms with Crippen molar-refractivity contribution in [2.24, 2.45) is 5.10 Å². The number of hydrogen-bond donors (Lipinski definition) is 1. The fraction of sp³-hybridized carbons (Fsp3) is 0.130. The Kier molecular flexibility index (Phi) is 8.35. The molecule has 3 rings (SSSR count). The number of carbonyl (C=O) groups excluding carboxylic acids is 1. The van der Waals surface area contributed by atoms with Crippen LogP contribution in [0.25, 0.3) is 0 Å². The van der Waals surface area contributed by atoms with Gasteiger partial charge < -0.3 is 9.47 Å². The van der Waals surface area contributed by atoms with Crippen LogP contribution in [0, 0.1) is 0 Å². The first-order valence-electron chi connectivity index (χ1n) is 9.39. The molecule has 3 aromatic carbocycles. The maximum absolute atomic E-state index is 12.2. The third-order valence-electron chi connectivity index (χ3n) is 4.14. The van der Waals surface area contributed by atoms with E-state index in [9.17, 15) is 4.79 Å². The van der Waals surface area contributed by atoms with Crippen LogP contribution in [-0.2, 0) is 6.61 Å². The number of rotatable bonds is 8. The van der Waals surface area contributed by atoms with Gasteiger partial charge in [0.25, 0.3) is 5.91 Å². The molecule has 0 aliphatic carbocycles. The molecule has 0 radical (unpaired) electrons. The lowest BCUT2D eigenvalue weighted by molar-refractivity contribution is 0.0954. The van der Waals surface area contributed by atoms with Gasteiger partial charge in [0, 0.05) is 4.47 Å². The van der Waals surface area contributed by atoms with Crippen LogP contribution in [0.3, 0.4) is 0 Å². The highest BCUT2D eigenvalue weighted by molar-refractivity contribution is 9.10. The number of benzene rings is 3. The maximum atomic E-state index is 12.2. The summed E-state index contributed by atoms with van der Waals surface area (Å²) in [6, 6.07) is 17.9. The van der Waals surface area contributed by atoms with Gasteiger partial charge in [-0.15, -0.1) is 0 Å². The molecule has 0 saturated carbocycles. The minimum Gasteiger partial charge on any atom is -0.490 e. The molecule has 1 N–H and O–H groups in total. The summed E-state index contributed by atoms with van der Waals surface area (Å²) in [5, 5.41) is 5.00. The highest BCUT2D eigenvalue weighted by Crippen LogP contribution is 2.30. The summed E-state index contributed by atoms with van der Waals surface area (Å²) in [6.07, 6.45) is 1.54. The summed E-state index contributed by atoms with van der Waals surface area (Å²) in [4.78, 5) is 12.2. The number of halogens is 3. The van der Waals surface area contributed by atoms with Crippen molar-refractivity contribution in [2.75, 3.05) is 6.61 Å². The Labute approximate surface area is 199 Å². The van der Waals surface area contributed by atoms with Crippen LogP contribution in [0.1, 0.15) is 28.4 Å². The predicted octanol–water partition coefficient (Wildman–Crippen LogP) is 6.50. The van der Waals surface area contributed by atoms with E-state index >= 15 is 0 Å². The zero-order valence-electron chi connectivity index (χ0n) is 16.6. The third kappa shape index (κ3) is 6.47. The summed E-state index contributed by atoms with van der Waals surface area (Å²) >= 11 is 15.4. The summed E-state index contributed by atoms with van der Waals surface area (Å²) in [6.45, 7) is 2.68. The molecule has 0 bridgehead atoms. The van der Waals surface area contributed by atoms with Crippen LogP contribution in [0.15, 0.2) is 70.2 Å². The van der Waals surface area contributed by atoms with Crippen molar-refractivity contribution in [3.63, 3.8) is 0 Å². The van der Waals surface area contributed by atoms with Gasteiger partial charge in [-0.1, -0.05) is 41.4 Å². The summed E-state index contributed by atoms with van der Waals surface area (Å²) in [7, 11) is 0. The molecule has 0 aliphatic rings. The molecule has 0 aliphatic heterocycles. The lowest BCUT2D eigenvalue weighted by atomic mass is 10.2. The van der Waals surface area contributed by atoms with Gasteiger partial charge in [-0.3, -0.25) is 4.79 Å². The topological polar surface area (TPSA) is 59.9 Å². The number of nitrogens with one attached hydrogen (secondary N) is 1. The minimum absolute atomic E-state index is 0.310. The second-order valence-corrected chi connectivity index (χ2v) is 8.02. The fourth-order valence-electron chi connectivity index (χ4n) is 2.65. The number of nitrogens with zero attached hydrogens (tertiary/aromatic N) is 1. The van der Waals surface area contributed by atoms with Crippen molar-refractivity contribution in [3.05, 3.63) is 91.9 Å². The summed E-state index contributed by atoms with van der Waals surface area (Å²) in [5.41, 5.74) is 4.65. The zero-order chi connectivity index (χ0) is 22.2. The van der Waals surface area contributed by atoms with E-state index in [1.54, 1.807) is 48.7 Å². The summed E-state index contributed by atoms with van der Waals surface area (Å²) in [5.74, 6) is 0.848. The van der Waals surface area contributed by atoms with Crippen LogP contribution in [0.4, 0.5) is 0 Å². The number of hydrazone groups is 1. The zero-order valence-corrected chi connectivity index (χ0v) is 19.7. The largest absolute Gasteiger partial charge is 0.490 e. The quantitative estimate of drug-likeness (QED) is 0.272. The van der Waals surface area contributed by atoms with E-state index < -0.39 is 0 Å². The van der Waals surface area contributed by atoms with Gasteiger partial charge in [-0.25, -0.2) is 5.43 Å². The summed E-state index contributed by atoms with van der Waals surface area (Å²) < 4.78 is 12.3. The van der Waals surface area contributed by atoms with Gasteiger partial charge in [-0.2, -0.15) is 5.10 Å². The van der Waals surface area contributed by atoms with Gasteiger partial charge in [0.05, 0.1) is 28.4 Å². The number of amides is 1. The Bertz CT molecular complexity index is 1110.